The molecule has 1 heterocycles. The van der Waals surface area contributed by atoms with E-state index >= 15 is 0 Å². The van der Waals surface area contributed by atoms with Crippen LogP contribution in [0.4, 0.5) is 0 Å². The molecular formula is C30H36N2O6. The molecule has 0 spiro atoms. The molecule has 0 radical (unpaired) electrons. The Hall–Kier alpha value is -3.43. The quantitative estimate of drug-likeness (QED) is 0.293. The summed E-state index contributed by atoms with van der Waals surface area (Å²) in [7, 11) is 0. The van der Waals surface area contributed by atoms with Crippen molar-refractivity contribution in [1.29, 1.82) is 0 Å². The van der Waals surface area contributed by atoms with E-state index in [0.29, 0.717) is 38.5 Å². The molecule has 4 N–H and O–H groups in total. The molecule has 1 aliphatic heterocycles. The van der Waals surface area contributed by atoms with Gasteiger partial charge in [0.15, 0.2) is 0 Å². The Morgan fingerprint density at radius 3 is 2.68 bits per heavy atom. The van der Waals surface area contributed by atoms with Crippen LogP contribution in [-0.2, 0) is 29.1 Å². The van der Waals surface area contributed by atoms with E-state index in [1.807, 2.05) is 62.4 Å². The molecule has 0 saturated carbocycles. The van der Waals surface area contributed by atoms with Crippen molar-refractivity contribution in [3.05, 3.63) is 94.5 Å². The minimum absolute atomic E-state index is 0.388. The van der Waals surface area contributed by atoms with Crippen LogP contribution in [0.3, 0.4) is 0 Å². The van der Waals surface area contributed by atoms with Crippen LogP contribution in [0.1, 0.15) is 52.6 Å². The molecule has 38 heavy (non-hydrogen) atoms. The first-order valence-corrected chi connectivity index (χ1v) is 12.8. The molecule has 3 aromatic carbocycles. The third-order valence-electron chi connectivity index (χ3n) is 6.23. The lowest BCUT2D eigenvalue weighted by Gasteiger charge is -2.33. The van der Waals surface area contributed by atoms with Gasteiger partial charge in [0.25, 0.3) is 0 Å². The van der Waals surface area contributed by atoms with E-state index in [9.17, 15) is 9.90 Å². The third-order valence-corrected chi connectivity index (χ3v) is 6.23. The van der Waals surface area contributed by atoms with Gasteiger partial charge in [0.1, 0.15) is 18.1 Å². The average Bonchev–Trinajstić information content (AvgIpc) is 2.91. The number of nitrogens with two attached hydrogens (primary N) is 1. The second-order valence-electron chi connectivity index (χ2n) is 9.74. The average molecular weight is 521 g/mol. The lowest BCUT2D eigenvalue weighted by molar-refractivity contribution is -0.180. The minimum atomic E-state index is -0.629. The van der Waals surface area contributed by atoms with E-state index in [0.717, 1.165) is 41.2 Å². The van der Waals surface area contributed by atoms with Crippen molar-refractivity contribution in [2.24, 2.45) is 5.73 Å². The topological polar surface area (TPSA) is 112 Å². The van der Waals surface area contributed by atoms with E-state index in [2.05, 4.69) is 5.32 Å². The van der Waals surface area contributed by atoms with E-state index in [-0.39, 0.29) is 0 Å². The number of fused-ring (bicyclic) bond motifs is 1. The Labute approximate surface area is 223 Å². The van der Waals surface area contributed by atoms with E-state index in [4.69, 9.17) is 24.7 Å². The monoisotopic (exact) mass is 520 g/mol. The normalized spacial score (nSPS) is 14.8. The summed E-state index contributed by atoms with van der Waals surface area (Å²) in [4.78, 5) is 11.3. The summed E-state index contributed by atoms with van der Waals surface area (Å²) in [6, 6.07) is 20.8. The maximum atomic E-state index is 11.3. The summed E-state index contributed by atoms with van der Waals surface area (Å²) >= 11 is 0. The maximum absolute atomic E-state index is 11.3. The predicted molar refractivity (Wildman–Crippen MR) is 144 cm³/mol. The van der Waals surface area contributed by atoms with E-state index < -0.39 is 17.8 Å². The van der Waals surface area contributed by atoms with Gasteiger partial charge in [-0.2, -0.15) is 0 Å². The molecule has 8 nitrogen and oxygen atoms in total. The van der Waals surface area contributed by atoms with Crippen LogP contribution in [0.15, 0.2) is 66.7 Å². The van der Waals surface area contributed by atoms with Gasteiger partial charge in [-0.1, -0.05) is 30.3 Å². The Bertz CT molecular complexity index is 1210. The number of ether oxygens (including phenoxy) is 4. The molecule has 8 heteroatoms. The Balaban J connectivity index is 1.11. The summed E-state index contributed by atoms with van der Waals surface area (Å²) < 4.78 is 22.9. The highest BCUT2D eigenvalue weighted by Crippen LogP contribution is 2.32. The predicted octanol–water partition coefficient (Wildman–Crippen LogP) is 3.89. The maximum Gasteiger partial charge on any atom is 0.248 e. The van der Waals surface area contributed by atoms with Crippen LogP contribution in [0, 0.1) is 0 Å². The summed E-state index contributed by atoms with van der Waals surface area (Å²) in [6.07, 6.45) is 0.224. The first kappa shape index (κ1) is 27.6. The fraction of sp³-hybridized carbons (Fsp3) is 0.367. The van der Waals surface area contributed by atoms with Gasteiger partial charge in [0, 0.05) is 31.5 Å². The molecular weight excluding hydrogens is 484 g/mol. The molecule has 0 fully saturated rings. The number of aliphatic hydroxyl groups is 1. The number of aliphatic hydroxyl groups excluding tert-OH is 1. The summed E-state index contributed by atoms with van der Waals surface area (Å²) in [6.45, 7) is 6.68. The van der Waals surface area contributed by atoms with Crippen LogP contribution in [0.5, 0.6) is 11.5 Å². The number of primary amides is 1. The zero-order chi connectivity index (χ0) is 27.0. The number of nitrogens with one attached hydrogen (secondary N) is 1. The van der Waals surface area contributed by atoms with Crippen LogP contribution in [0.25, 0.3) is 0 Å². The fourth-order valence-corrected chi connectivity index (χ4v) is 4.13. The van der Waals surface area contributed by atoms with Crippen molar-refractivity contribution < 1.29 is 28.8 Å². The first-order chi connectivity index (χ1) is 18.3. The summed E-state index contributed by atoms with van der Waals surface area (Å²) in [5, 5.41) is 13.9. The van der Waals surface area contributed by atoms with Crippen LogP contribution >= 0.6 is 0 Å². The van der Waals surface area contributed by atoms with E-state index in [1.54, 1.807) is 18.2 Å². The number of carbonyl (C=O) groups excluding carboxylic acids is 1. The van der Waals surface area contributed by atoms with Crippen LogP contribution in [0.2, 0.25) is 0 Å². The molecule has 0 unspecified atom stereocenters. The van der Waals surface area contributed by atoms with Crippen LogP contribution < -0.4 is 20.5 Å². The van der Waals surface area contributed by atoms with Crippen LogP contribution in [-0.4, -0.2) is 43.1 Å². The molecule has 0 aliphatic carbocycles. The van der Waals surface area contributed by atoms with Crippen molar-refractivity contribution in [2.75, 3.05) is 26.3 Å². The summed E-state index contributed by atoms with van der Waals surface area (Å²) in [5.41, 5.74) is 9.63. The largest absolute Gasteiger partial charge is 0.491 e. The van der Waals surface area contributed by atoms with Gasteiger partial charge in [-0.05, 0) is 66.1 Å². The van der Waals surface area contributed by atoms with Gasteiger partial charge in [0.05, 0.1) is 25.9 Å². The van der Waals surface area contributed by atoms with Gasteiger partial charge < -0.3 is 35.1 Å². The molecule has 0 bridgehead atoms. The standard InChI is InChI=1S/C30H36N2O6/c1-30(2)37-20-25-17-23(8-11-28(25)38-30)27(33)18-32-13-12-21-6-9-26(10-7-21)36-15-14-35-19-22-4-3-5-24(16-22)29(31)34/h3-11,16-17,27,32-33H,12-15,18-20H2,1-2H3,(H2,31,34)/t27-/m1/s1. The zero-order valence-corrected chi connectivity index (χ0v) is 21.9. The molecule has 3 aromatic rings. The Morgan fingerprint density at radius 1 is 1.08 bits per heavy atom. The lowest BCUT2D eigenvalue weighted by atomic mass is 10.0. The highest BCUT2D eigenvalue weighted by molar-refractivity contribution is 5.92. The van der Waals surface area contributed by atoms with Crippen molar-refractivity contribution in [1.82, 2.24) is 5.32 Å². The number of hydrogen-bond acceptors (Lipinski definition) is 7. The SMILES string of the molecule is CC1(C)OCc2cc([C@H](O)CNCCc3ccc(OCCOCc4cccc(C(N)=O)c4)cc3)ccc2O1. The number of carbonyl (C=O) groups is 1. The Kier molecular flexibility index (Phi) is 9.36. The molecule has 0 aromatic heterocycles. The lowest BCUT2D eigenvalue weighted by Crippen LogP contribution is -2.35. The summed E-state index contributed by atoms with van der Waals surface area (Å²) in [5.74, 6) is 0.502. The smallest absolute Gasteiger partial charge is 0.248 e. The second-order valence-corrected chi connectivity index (χ2v) is 9.74. The minimum Gasteiger partial charge on any atom is -0.491 e. The molecule has 202 valence electrons. The first-order valence-electron chi connectivity index (χ1n) is 12.8. The van der Waals surface area contributed by atoms with Gasteiger partial charge in [-0.15, -0.1) is 0 Å². The number of hydrogen-bond donors (Lipinski definition) is 3. The second kappa shape index (κ2) is 12.9. The Morgan fingerprint density at radius 2 is 1.89 bits per heavy atom. The zero-order valence-electron chi connectivity index (χ0n) is 21.9. The van der Waals surface area contributed by atoms with Gasteiger partial charge >= 0.3 is 0 Å². The third kappa shape index (κ3) is 8.03. The number of benzene rings is 3. The molecule has 0 saturated heterocycles. The fourth-order valence-electron chi connectivity index (χ4n) is 4.13. The number of amides is 1. The van der Waals surface area contributed by atoms with E-state index in [1.165, 1.54) is 5.56 Å². The van der Waals surface area contributed by atoms with Gasteiger partial charge in [0.2, 0.25) is 11.7 Å². The highest BCUT2D eigenvalue weighted by atomic mass is 16.7. The number of rotatable bonds is 13. The van der Waals surface area contributed by atoms with Gasteiger partial charge in [-0.25, -0.2) is 0 Å². The molecule has 4 rings (SSSR count). The van der Waals surface area contributed by atoms with Crippen molar-refractivity contribution in [2.45, 2.75) is 45.4 Å². The highest BCUT2D eigenvalue weighted by Gasteiger charge is 2.27. The molecule has 1 amide bonds. The van der Waals surface area contributed by atoms with Crippen molar-refractivity contribution in [3.63, 3.8) is 0 Å². The van der Waals surface area contributed by atoms with Crippen molar-refractivity contribution >= 4 is 5.91 Å². The molecule has 1 aliphatic rings. The molecule has 1 atom stereocenters. The van der Waals surface area contributed by atoms with Crippen molar-refractivity contribution in [3.8, 4) is 11.5 Å². The van der Waals surface area contributed by atoms with Gasteiger partial charge in [-0.3, -0.25) is 4.79 Å².